The molecular formula is C17H20O5. The van der Waals surface area contributed by atoms with Gasteiger partial charge in [-0.1, -0.05) is 30.3 Å². The number of hydrogen-bond donors (Lipinski definition) is 0. The maximum atomic E-state index is 11.7. The molecule has 0 aliphatic carbocycles. The molecule has 0 amide bonds. The molecule has 0 unspecified atom stereocenters. The summed E-state index contributed by atoms with van der Waals surface area (Å²) in [5, 5.41) is 0. The second-order valence-electron chi connectivity index (χ2n) is 4.38. The molecule has 0 bridgehead atoms. The van der Waals surface area contributed by atoms with Crippen molar-refractivity contribution >= 4 is 11.8 Å². The van der Waals surface area contributed by atoms with Crippen molar-refractivity contribution in [3.8, 4) is 0 Å². The highest BCUT2D eigenvalue weighted by Crippen LogP contribution is 2.01. The SMILES string of the molecule is CCOC(=O)CO/C=C(C)/C=C/OCC(=O)c1ccccc1. The molecule has 0 spiro atoms. The Hall–Kier alpha value is -2.56. The van der Waals surface area contributed by atoms with Gasteiger partial charge in [0.1, 0.15) is 0 Å². The lowest BCUT2D eigenvalue weighted by Crippen LogP contribution is -2.10. The van der Waals surface area contributed by atoms with Crippen LogP contribution in [0.25, 0.3) is 0 Å². The highest BCUT2D eigenvalue weighted by Gasteiger charge is 2.03. The van der Waals surface area contributed by atoms with E-state index in [9.17, 15) is 9.59 Å². The normalized spacial score (nSPS) is 11.3. The summed E-state index contributed by atoms with van der Waals surface area (Å²) in [5.74, 6) is -0.509. The number of carbonyl (C=O) groups is 2. The molecule has 0 aliphatic heterocycles. The van der Waals surface area contributed by atoms with Gasteiger partial charge in [0.15, 0.2) is 19.0 Å². The predicted octanol–water partition coefficient (Wildman–Crippen LogP) is 2.88. The van der Waals surface area contributed by atoms with Crippen molar-refractivity contribution in [2.75, 3.05) is 19.8 Å². The van der Waals surface area contributed by atoms with Gasteiger partial charge in [-0.25, -0.2) is 4.79 Å². The van der Waals surface area contributed by atoms with Gasteiger partial charge in [0.25, 0.3) is 0 Å². The molecule has 0 radical (unpaired) electrons. The van der Waals surface area contributed by atoms with Crippen LogP contribution >= 0.6 is 0 Å². The molecule has 0 N–H and O–H groups in total. The molecule has 22 heavy (non-hydrogen) atoms. The van der Waals surface area contributed by atoms with Gasteiger partial charge in [0, 0.05) is 5.56 Å². The highest BCUT2D eigenvalue weighted by molar-refractivity contribution is 5.97. The summed E-state index contributed by atoms with van der Waals surface area (Å²) in [5.41, 5.74) is 1.36. The number of benzene rings is 1. The van der Waals surface area contributed by atoms with E-state index in [1.165, 1.54) is 12.5 Å². The Balaban J connectivity index is 2.27. The van der Waals surface area contributed by atoms with Crippen molar-refractivity contribution in [3.63, 3.8) is 0 Å². The summed E-state index contributed by atoms with van der Waals surface area (Å²) >= 11 is 0. The average Bonchev–Trinajstić information content (AvgIpc) is 2.52. The maximum absolute atomic E-state index is 11.7. The third-order valence-corrected chi connectivity index (χ3v) is 2.51. The molecule has 1 rings (SSSR count). The van der Waals surface area contributed by atoms with Gasteiger partial charge >= 0.3 is 5.97 Å². The van der Waals surface area contributed by atoms with Gasteiger partial charge in [-0.05, 0) is 25.5 Å². The summed E-state index contributed by atoms with van der Waals surface area (Å²) < 4.78 is 14.9. The maximum Gasteiger partial charge on any atom is 0.344 e. The minimum Gasteiger partial charge on any atom is -0.493 e. The van der Waals surface area contributed by atoms with E-state index in [2.05, 4.69) is 0 Å². The Morgan fingerprint density at radius 2 is 1.82 bits per heavy atom. The third kappa shape index (κ3) is 7.28. The van der Waals surface area contributed by atoms with Gasteiger partial charge in [-0.3, -0.25) is 4.79 Å². The fraction of sp³-hybridized carbons (Fsp3) is 0.294. The van der Waals surface area contributed by atoms with Crippen LogP contribution in [-0.2, 0) is 19.0 Å². The monoisotopic (exact) mass is 304 g/mol. The standard InChI is InChI=1S/C17H20O5/c1-3-22-17(19)13-21-11-14(2)9-10-20-12-16(18)15-7-5-4-6-8-15/h4-11H,3,12-13H2,1-2H3/b10-9+,14-11+. The zero-order valence-electron chi connectivity index (χ0n) is 12.8. The van der Waals surface area contributed by atoms with Crippen LogP contribution in [0.4, 0.5) is 0 Å². The first kappa shape index (κ1) is 17.5. The van der Waals surface area contributed by atoms with Gasteiger partial charge in [-0.15, -0.1) is 0 Å². The smallest absolute Gasteiger partial charge is 0.344 e. The number of rotatable bonds is 9. The molecule has 118 valence electrons. The topological polar surface area (TPSA) is 61.8 Å². The van der Waals surface area contributed by atoms with Crippen LogP contribution in [0, 0.1) is 0 Å². The first-order valence-electron chi connectivity index (χ1n) is 6.94. The lowest BCUT2D eigenvalue weighted by Gasteiger charge is -2.02. The number of esters is 1. The van der Waals surface area contributed by atoms with Crippen molar-refractivity contribution in [3.05, 3.63) is 60.1 Å². The summed E-state index contributed by atoms with van der Waals surface area (Å²) in [4.78, 5) is 22.8. The van der Waals surface area contributed by atoms with Gasteiger partial charge in [0.2, 0.25) is 0 Å². The zero-order chi connectivity index (χ0) is 16.2. The van der Waals surface area contributed by atoms with Crippen LogP contribution in [0.15, 0.2) is 54.5 Å². The van der Waals surface area contributed by atoms with E-state index < -0.39 is 5.97 Å². The van der Waals surface area contributed by atoms with E-state index in [4.69, 9.17) is 14.2 Å². The van der Waals surface area contributed by atoms with Gasteiger partial charge in [-0.2, -0.15) is 0 Å². The Labute approximate surface area is 130 Å². The summed E-state index contributed by atoms with van der Waals surface area (Å²) in [6.45, 7) is 3.68. The number of ketones is 1. The minimum atomic E-state index is -0.416. The van der Waals surface area contributed by atoms with Crippen LogP contribution in [-0.4, -0.2) is 31.6 Å². The predicted molar refractivity (Wildman–Crippen MR) is 82.2 cm³/mol. The van der Waals surface area contributed by atoms with Crippen LogP contribution in [0.5, 0.6) is 0 Å². The van der Waals surface area contributed by atoms with Crippen molar-refractivity contribution in [2.24, 2.45) is 0 Å². The Morgan fingerprint density at radius 1 is 1.09 bits per heavy atom. The quantitative estimate of drug-likeness (QED) is 0.304. The minimum absolute atomic E-state index is 0.0303. The van der Waals surface area contributed by atoms with Crippen molar-refractivity contribution < 1.29 is 23.8 Å². The average molecular weight is 304 g/mol. The second-order valence-corrected chi connectivity index (χ2v) is 4.38. The summed E-state index contributed by atoms with van der Waals surface area (Å²) in [7, 11) is 0. The fourth-order valence-electron chi connectivity index (χ4n) is 1.47. The molecule has 1 aromatic rings. The molecule has 5 nitrogen and oxygen atoms in total. The molecule has 0 heterocycles. The first-order valence-corrected chi connectivity index (χ1v) is 6.94. The van der Waals surface area contributed by atoms with E-state index in [1.54, 1.807) is 44.2 Å². The second kappa shape index (κ2) is 10.2. The molecule has 5 heteroatoms. The number of hydrogen-bond acceptors (Lipinski definition) is 5. The van der Waals surface area contributed by atoms with Crippen LogP contribution in [0.1, 0.15) is 24.2 Å². The third-order valence-electron chi connectivity index (χ3n) is 2.51. The largest absolute Gasteiger partial charge is 0.493 e. The van der Waals surface area contributed by atoms with E-state index >= 15 is 0 Å². The van der Waals surface area contributed by atoms with E-state index in [-0.39, 0.29) is 19.0 Å². The van der Waals surface area contributed by atoms with Gasteiger partial charge in [0.05, 0.1) is 19.1 Å². The zero-order valence-corrected chi connectivity index (χ0v) is 12.8. The lowest BCUT2D eigenvalue weighted by atomic mass is 10.1. The number of ether oxygens (including phenoxy) is 3. The van der Waals surface area contributed by atoms with Crippen molar-refractivity contribution in [2.45, 2.75) is 13.8 Å². The Kier molecular flexibility index (Phi) is 8.12. The van der Waals surface area contributed by atoms with E-state index in [1.807, 2.05) is 6.07 Å². The molecule has 0 saturated heterocycles. The first-order chi connectivity index (χ1) is 10.6. The summed E-state index contributed by atoms with van der Waals surface area (Å²) in [6, 6.07) is 8.93. The van der Waals surface area contributed by atoms with Crippen LogP contribution < -0.4 is 0 Å². The Bertz CT molecular complexity index is 531. The molecule has 0 atom stereocenters. The molecular weight excluding hydrogens is 284 g/mol. The molecule has 1 aromatic carbocycles. The Morgan fingerprint density at radius 3 is 2.50 bits per heavy atom. The van der Waals surface area contributed by atoms with Crippen LogP contribution in [0.2, 0.25) is 0 Å². The number of carbonyl (C=O) groups excluding carboxylic acids is 2. The highest BCUT2D eigenvalue weighted by atomic mass is 16.6. The summed E-state index contributed by atoms with van der Waals surface area (Å²) in [6.07, 6.45) is 4.49. The molecule has 0 saturated carbocycles. The number of Topliss-reactive ketones (excluding diaryl/α,β-unsaturated/α-hetero) is 1. The molecule has 0 aliphatic rings. The van der Waals surface area contributed by atoms with Crippen molar-refractivity contribution in [1.29, 1.82) is 0 Å². The van der Waals surface area contributed by atoms with Gasteiger partial charge < -0.3 is 14.2 Å². The van der Waals surface area contributed by atoms with Crippen LogP contribution in [0.3, 0.4) is 0 Å². The fourth-order valence-corrected chi connectivity index (χ4v) is 1.47. The molecule has 0 fully saturated rings. The van der Waals surface area contributed by atoms with E-state index in [0.717, 1.165) is 5.57 Å². The molecule has 0 aromatic heterocycles. The lowest BCUT2D eigenvalue weighted by molar-refractivity contribution is -0.146. The number of allylic oxidation sites excluding steroid dienone is 2. The van der Waals surface area contributed by atoms with Crippen molar-refractivity contribution in [1.82, 2.24) is 0 Å². The van der Waals surface area contributed by atoms with E-state index in [0.29, 0.717) is 12.2 Å².